The average Bonchev–Trinajstić information content (AvgIpc) is 2.74. The molecule has 0 spiro atoms. The van der Waals surface area contributed by atoms with Crippen molar-refractivity contribution in [2.45, 2.75) is 0 Å². The summed E-state index contributed by atoms with van der Waals surface area (Å²) in [6.45, 7) is 0. The Morgan fingerprint density at radius 2 is 1.36 bits per heavy atom. The number of rotatable bonds is 3. The highest BCUT2D eigenvalue weighted by atomic mass is 19.1. The molecule has 5 rings (SSSR count). The minimum absolute atomic E-state index is 0.298. The second kappa shape index (κ2) is 6.74. The van der Waals surface area contributed by atoms with Crippen molar-refractivity contribution in [3.05, 3.63) is 96.8 Å². The van der Waals surface area contributed by atoms with Gasteiger partial charge in [-0.15, -0.1) is 0 Å². The summed E-state index contributed by atoms with van der Waals surface area (Å²) in [7, 11) is 0. The SMILES string of the molecule is Fc1ccccc1-c1nc(Oc2cccc3ccccc23)c2ccccc2n1. The molecule has 28 heavy (non-hydrogen) atoms. The Morgan fingerprint density at radius 1 is 0.643 bits per heavy atom. The molecule has 0 aliphatic heterocycles. The van der Waals surface area contributed by atoms with Crippen LogP contribution in [0.3, 0.4) is 0 Å². The minimum atomic E-state index is -0.367. The lowest BCUT2D eigenvalue weighted by Gasteiger charge is -2.12. The van der Waals surface area contributed by atoms with Gasteiger partial charge >= 0.3 is 0 Å². The molecule has 0 atom stereocenters. The molecule has 5 aromatic rings. The van der Waals surface area contributed by atoms with E-state index in [4.69, 9.17) is 4.74 Å². The lowest BCUT2D eigenvalue weighted by atomic mass is 10.1. The predicted molar refractivity (Wildman–Crippen MR) is 109 cm³/mol. The summed E-state index contributed by atoms with van der Waals surface area (Å²) in [4.78, 5) is 9.10. The number of hydrogen-bond acceptors (Lipinski definition) is 3. The number of fused-ring (bicyclic) bond motifs is 2. The fourth-order valence-corrected chi connectivity index (χ4v) is 3.28. The van der Waals surface area contributed by atoms with Crippen LogP contribution >= 0.6 is 0 Å². The average molecular weight is 366 g/mol. The summed E-state index contributed by atoms with van der Waals surface area (Å²) in [5.41, 5.74) is 1.04. The summed E-state index contributed by atoms with van der Waals surface area (Å²) in [6, 6.07) is 27.9. The van der Waals surface area contributed by atoms with Gasteiger partial charge in [-0.25, -0.2) is 9.37 Å². The molecule has 1 heterocycles. The van der Waals surface area contributed by atoms with E-state index in [1.807, 2.05) is 66.7 Å². The van der Waals surface area contributed by atoms with E-state index in [0.717, 1.165) is 16.2 Å². The van der Waals surface area contributed by atoms with Crippen molar-refractivity contribution in [2.75, 3.05) is 0 Å². The highest BCUT2D eigenvalue weighted by Gasteiger charge is 2.14. The van der Waals surface area contributed by atoms with Crippen LogP contribution < -0.4 is 4.74 Å². The third-order valence-corrected chi connectivity index (χ3v) is 4.64. The van der Waals surface area contributed by atoms with Crippen molar-refractivity contribution in [3.63, 3.8) is 0 Å². The molecule has 0 N–H and O–H groups in total. The number of halogens is 1. The summed E-state index contributed by atoms with van der Waals surface area (Å²) in [6.07, 6.45) is 0. The van der Waals surface area contributed by atoms with Gasteiger partial charge < -0.3 is 4.74 Å². The summed E-state index contributed by atoms with van der Waals surface area (Å²) in [5, 5.41) is 2.84. The van der Waals surface area contributed by atoms with Crippen LogP contribution in [0.4, 0.5) is 4.39 Å². The normalized spacial score (nSPS) is 11.0. The Kier molecular flexibility index (Phi) is 3.95. The van der Waals surface area contributed by atoms with Gasteiger partial charge in [-0.05, 0) is 35.7 Å². The molecule has 134 valence electrons. The molecule has 4 heteroatoms. The number of para-hydroxylation sites is 1. The summed E-state index contributed by atoms with van der Waals surface area (Å²) in [5.74, 6) is 1.03. The van der Waals surface area contributed by atoms with Crippen LogP contribution in [0.15, 0.2) is 91.0 Å². The first-order valence-electron chi connectivity index (χ1n) is 8.97. The highest BCUT2D eigenvalue weighted by molar-refractivity contribution is 5.90. The van der Waals surface area contributed by atoms with Gasteiger partial charge in [-0.1, -0.05) is 60.7 Å². The number of hydrogen-bond donors (Lipinski definition) is 0. The molecule has 0 radical (unpaired) electrons. The first kappa shape index (κ1) is 16.4. The second-order valence-electron chi connectivity index (χ2n) is 6.43. The fraction of sp³-hybridized carbons (Fsp3) is 0. The molecule has 0 saturated heterocycles. The van der Waals surface area contributed by atoms with Crippen LogP contribution in [0, 0.1) is 5.82 Å². The van der Waals surface area contributed by atoms with Crippen LogP contribution in [0.25, 0.3) is 33.1 Å². The Balaban J connectivity index is 1.71. The van der Waals surface area contributed by atoms with E-state index in [2.05, 4.69) is 9.97 Å². The molecule has 3 nitrogen and oxygen atoms in total. The Hall–Kier alpha value is -3.79. The van der Waals surface area contributed by atoms with Gasteiger partial charge in [0.25, 0.3) is 0 Å². The van der Waals surface area contributed by atoms with Gasteiger partial charge in [0.1, 0.15) is 11.6 Å². The fourth-order valence-electron chi connectivity index (χ4n) is 3.28. The van der Waals surface area contributed by atoms with Gasteiger partial charge in [0.05, 0.1) is 16.5 Å². The highest BCUT2D eigenvalue weighted by Crippen LogP contribution is 2.34. The second-order valence-corrected chi connectivity index (χ2v) is 6.43. The van der Waals surface area contributed by atoms with E-state index in [1.165, 1.54) is 6.07 Å². The smallest absolute Gasteiger partial charge is 0.230 e. The maximum atomic E-state index is 14.3. The van der Waals surface area contributed by atoms with Crippen molar-refractivity contribution in [3.8, 4) is 23.0 Å². The summed E-state index contributed by atoms with van der Waals surface area (Å²) >= 11 is 0. The van der Waals surface area contributed by atoms with Crippen molar-refractivity contribution < 1.29 is 9.13 Å². The van der Waals surface area contributed by atoms with E-state index in [1.54, 1.807) is 18.2 Å². The molecule has 0 aliphatic carbocycles. The monoisotopic (exact) mass is 366 g/mol. The zero-order chi connectivity index (χ0) is 18.9. The molecular weight excluding hydrogens is 351 g/mol. The van der Waals surface area contributed by atoms with Crippen LogP contribution in [-0.4, -0.2) is 9.97 Å². The lowest BCUT2D eigenvalue weighted by molar-refractivity contribution is 0.474. The van der Waals surface area contributed by atoms with Crippen molar-refractivity contribution in [2.24, 2.45) is 0 Å². The summed E-state index contributed by atoms with van der Waals surface area (Å²) < 4.78 is 20.6. The number of nitrogens with zero attached hydrogens (tertiary/aromatic N) is 2. The third kappa shape index (κ3) is 2.85. The van der Waals surface area contributed by atoms with Crippen LogP contribution in [0.5, 0.6) is 11.6 Å². The zero-order valence-electron chi connectivity index (χ0n) is 14.8. The van der Waals surface area contributed by atoms with Gasteiger partial charge in [0, 0.05) is 5.39 Å². The number of benzene rings is 4. The minimum Gasteiger partial charge on any atom is -0.438 e. The largest absolute Gasteiger partial charge is 0.438 e. The molecule has 4 aromatic carbocycles. The quantitative estimate of drug-likeness (QED) is 0.371. The van der Waals surface area contributed by atoms with E-state index in [-0.39, 0.29) is 5.82 Å². The number of aromatic nitrogens is 2. The van der Waals surface area contributed by atoms with E-state index in [0.29, 0.717) is 28.5 Å². The Labute approximate surface area is 161 Å². The molecule has 0 fully saturated rings. The molecule has 0 unspecified atom stereocenters. The van der Waals surface area contributed by atoms with Gasteiger partial charge in [-0.3, -0.25) is 0 Å². The van der Waals surface area contributed by atoms with Crippen molar-refractivity contribution in [1.29, 1.82) is 0 Å². The Morgan fingerprint density at radius 3 is 2.25 bits per heavy atom. The van der Waals surface area contributed by atoms with Crippen molar-refractivity contribution in [1.82, 2.24) is 9.97 Å². The molecule has 0 aliphatic rings. The van der Waals surface area contributed by atoms with Crippen LogP contribution in [0.1, 0.15) is 0 Å². The van der Waals surface area contributed by atoms with E-state index in [9.17, 15) is 4.39 Å². The van der Waals surface area contributed by atoms with Crippen LogP contribution in [-0.2, 0) is 0 Å². The maximum absolute atomic E-state index is 14.3. The molecule has 0 amide bonds. The predicted octanol–water partition coefficient (Wildman–Crippen LogP) is 6.38. The van der Waals surface area contributed by atoms with E-state index >= 15 is 0 Å². The van der Waals surface area contributed by atoms with Gasteiger partial charge in [0.2, 0.25) is 5.88 Å². The van der Waals surface area contributed by atoms with Gasteiger partial charge in [0.15, 0.2) is 5.82 Å². The zero-order valence-corrected chi connectivity index (χ0v) is 14.8. The first-order chi connectivity index (χ1) is 13.8. The molecular formula is C24H15FN2O. The Bertz CT molecular complexity index is 1310. The molecule has 0 saturated carbocycles. The standard InChI is InChI=1S/C24H15FN2O/c25-20-13-5-3-11-18(20)23-26-21-14-6-4-12-19(21)24(27-23)28-22-15-7-9-16-8-1-2-10-17(16)22/h1-15H. The van der Waals surface area contributed by atoms with E-state index < -0.39 is 0 Å². The lowest BCUT2D eigenvalue weighted by Crippen LogP contribution is -1.97. The van der Waals surface area contributed by atoms with Crippen molar-refractivity contribution >= 4 is 21.7 Å². The van der Waals surface area contributed by atoms with Gasteiger partial charge in [-0.2, -0.15) is 4.98 Å². The maximum Gasteiger partial charge on any atom is 0.230 e. The van der Waals surface area contributed by atoms with Crippen LogP contribution in [0.2, 0.25) is 0 Å². The first-order valence-corrected chi connectivity index (χ1v) is 8.97. The third-order valence-electron chi connectivity index (χ3n) is 4.64. The molecule has 0 bridgehead atoms. The topological polar surface area (TPSA) is 35.0 Å². The number of ether oxygens (including phenoxy) is 1. The molecule has 1 aromatic heterocycles.